The lowest BCUT2D eigenvalue weighted by molar-refractivity contribution is 0.197. The van der Waals surface area contributed by atoms with Gasteiger partial charge in [-0.25, -0.2) is 0 Å². The van der Waals surface area contributed by atoms with Crippen molar-refractivity contribution in [3.05, 3.63) is 58.3 Å². The zero-order chi connectivity index (χ0) is 21.8. The fraction of sp³-hybridized carbons (Fsp3) is 0.643. The molecule has 1 N–H and O–H groups in total. The van der Waals surface area contributed by atoms with Crippen molar-refractivity contribution in [2.45, 2.75) is 99.3 Å². The van der Waals surface area contributed by atoms with E-state index in [1.807, 2.05) is 0 Å². The highest BCUT2D eigenvalue weighted by molar-refractivity contribution is 5.47. The Balaban J connectivity index is 2.70. The highest BCUT2D eigenvalue weighted by Crippen LogP contribution is 2.48. The van der Waals surface area contributed by atoms with Gasteiger partial charge in [-0.1, -0.05) is 78.3 Å². The number of likely N-dealkylation sites (N-methyl/N-ethyl adjacent to an activating group) is 1. The lowest BCUT2D eigenvalue weighted by Gasteiger charge is -2.41. The van der Waals surface area contributed by atoms with Crippen LogP contribution in [-0.4, -0.2) is 6.54 Å². The molecule has 1 aliphatic rings. The fourth-order valence-electron chi connectivity index (χ4n) is 5.14. The number of aryl methyl sites for hydroxylation is 1. The molecule has 0 radical (unpaired) electrons. The summed E-state index contributed by atoms with van der Waals surface area (Å²) < 4.78 is 0. The average molecular weight is 396 g/mol. The second-order valence-electron chi connectivity index (χ2n) is 10.5. The van der Waals surface area contributed by atoms with Gasteiger partial charge in [-0.05, 0) is 72.6 Å². The maximum absolute atomic E-state index is 4.33. The molecule has 2 rings (SSSR count). The summed E-state index contributed by atoms with van der Waals surface area (Å²) in [4.78, 5) is 0. The first-order valence-corrected chi connectivity index (χ1v) is 11.8. The van der Waals surface area contributed by atoms with Gasteiger partial charge in [-0.2, -0.15) is 0 Å². The van der Waals surface area contributed by atoms with Crippen LogP contribution in [0.25, 0.3) is 0 Å². The van der Waals surface area contributed by atoms with Gasteiger partial charge in [0.25, 0.3) is 0 Å². The van der Waals surface area contributed by atoms with Gasteiger partial charge in [-0.15, -0.1) is 0 Å². The summed E-state index contributed by atoms with van der Waals surface area (Å²) >= 11 is 0. The third-order valence-corrected chi connectivity index (χ3v) is 6.54. The van der Waals surface area contributed by atoms with E-state index < -0.39 is 0 Å². The zero-order valence-electron chi connectivity index (χ0n) is 20.4. The van der Waals surface area contributed by atoms with Crippen LogP contribution >= 0.6 is 0 Å². The molecule has 0 amide bonds. The summed E-state index contributed by atoms with van der Waals surface area (Å²) in [7, 11) is 0. The molecule has 1 aromatic rings. The molecule has 0 spiro atoms. The van der Waals surface area contributed by atoms with Gasteiger partial charge in [0.05, 0.1) is 0 Å². The minimum Gasteiger partial charge on any atom is -0.389 e. The number of rotatable bonds is 8. The van der Waals surface area contributed by atoms with Crippen LogP contribution < -0.4 is 5.32 Å². The van der Waals surface area contributed by atoms with E-state index in [1.54, 1.807) is 16.7 Å². The van der Waals surface area contributed by atoms with Gasteiger partial charge in [-0.3, -0.25) is 0 Å². The van der Waals surface area contributed by atoms with E-state index >= 15 is 0 Å². The van der Waals surface area contributed by atoms with Gasteiger partial charge in [0.15, 0.2) is 0 Å². The van der Waals surface area contributed by atoms with Crippen molar-refractivity contribution >= 4 is 0 Å². The maximum atomic E-state index is 4.33. The standard InChI is InChI=1S/C28H45N/c1-10-12-22-17-23(16-21(6)29-11-2)27(24(18-22)19(3)4)25-15-20(5)13-14-26(25)28(7,8)9/h15,17-19,25-26,29H,6,10-14,16H2,1-5,7-9H3. The van der Waals surface area contributed by atoms with Gasteiger partial charge in [0.1, 0.15) is 0 Å². The smallest absolute Gasteiger partial charge is 0.0120 e. The summed E-state index contributed by atoms with van der Waals surface area (Å²) in [6, 6.07) is 5.01. The molecule has 0 fully saturated rings. The first-order valence-electron chi connectivity index (χ1n) is 11.8. The van der Waals surface area contributed by atoms with E-state index in [9.17, 15) is 0 Å². The van der Waals surface area contributed by atoms with E-state index in [4.69, 9.17) is 0 Å². The van der Waals surface area contributed by atoms with E-state index in [0.29, 0.717) is 23.2 Å². The van der Waals surface area contributed by atoms with Crippen molar-refractivity contribution in [3.8, 4) is 0 Å². The van der Waals surface area contributed by atoms with Crippen LogP contribution in [0.1, 0.15) is 109 Å². The summed E-state index contributed by atoms with van der Waals surface area (Å²) in [5.41, 5.74) is 9.13. The fourth-order valence-corrected chi connectivity index (χ4v) is 5.14. The number of benzene rings is 1. The van der Waals surface area contributed by atoms with Gasteiger partial charge < -0.3 is 5.32 Å². The molecule has 1 aromatic carbocycles. The van der Waals surface area contributed by atoms with E-state index in [0.717, 1.165) is 25.1 Å². The van der Waals surface area contributed by atoms with Crippen molar-refractivity contribution in [1.82, 2.24) is 5.32 Å². The topological polar surface area (TPSA) is 12.0 Å². The number of hydrogen-bond donors (Lipinski definition) is 1. The summed E-state index contributed by atoms with van der Waals surface area (Å²) in [5, 5.41) is 3.46. The van der Waals surface area contributed by atoms with Crippen LogP contribution in [0.2, 0.25) is 0 Å². The third-order valence-electron chi connectivity index (χ3n) is 6.54. The molecule has 0 aliphatic heterocycles. The Morgan fingerprint density at radius 3 is 2.45 bits per heavy atom. The van der Waals surface area contributed by atoms with Crippen molar-refractivity contribution in [2.24, 2.45) is 11.3 Å². The van der Waals surface area contributed by atoms with Crippen molar-refractivity contribution in [1.29, 1.82) is 0 Å². The molecular weight excluding hydrogens is 350 g/mol. The maximum Gasteiger partial charge on any atom is 0.0120 e. The second-order valence-corrected chi connectivity index (χ2v) is 10.5. The number of nitrogens with one attached hydrogen (secondary N) is 1. The molecule has 0 aromatic heterocycles. The Hall–Kier alpha value is -1.50. The Morgan fingerprint density at radius 1 is 1.21 bits per heavy atom. The molecule has 0 saturated carbocycles. The Kier molecular flexibility index (Phi) is 8.20. The molecule has 162 valence electrons. The average Bonchev–Trinajstić information content (AvgIpc) is 2.60. The van der Waals surface area contributed by atoms with Crippen molar-refractivity contribution < 1.29 is 0 Å². The quantitative estimate of drug-likeness (QED) is 0.441. The molecular formula is C28H45N. The van der Waals surface area contributed by atoms with E-state index in [2.05, 4.69) is 85.5 Å². The summed E-state index contributed by atoms with van der Waals surface area (Å²) in [5.74, 6) is 1.71. The van der Waals surface area contributed by atoms with Crippen molar-refractivity contribution in [2.75, 3.05) is 6.54 Å². The summed E-state index contributed by atoms with van der Waals surface area (Å²) in [6.07, 6.45) is 8.40. The number of allylic oxidation sites excluding steroid dienone is 3. The van der Waals surface area contributed by atoms with E-state index in [1.165, 1.54) is 30.4 Å². The predicted octanol–water partition coefficient (Wildman–Crippen LogP) is 7.91. The lowest BCUT2D eigenvalue weighted by Crippen LogP contribution is -2.30. The molecule has 0 saturated heterocycles. The Labute approximate surface area is 181 Å². The molecule has 1 nitrogen and oxygen atoms in total. The van der Waals surface area contributed by atoms with Gasteiger partial charge >= 0.3 is 0 Å². The van der Waals surface area contributed by atoms with Crippen molar-refractivity contribution in [3.63, 3.8) is 0 Å². The monoisotopic (exact) mass is 395 g/mol. The van der Waals surface area contributed by atoms with Crippen LogP contribution in [0.4, 0.5) is 0 Å². The van der Waals surface area contributed by atoms with Crippen LogP contribution in [-0.2, 0) is 12.8 Å². The van der Waals surface area contributed by atoms with Gasteiger partial charge in [0.2, 0.25) is 0 Å². The molecule has 2 unspecified atom stereocenters. The third kappa shape index (κ3) is 6.00. The molecule has 29 heavy (non-hydrogen) atoms. The second kappa shape index (κ2) is 10.0. The Morgan fingerprint density at radius 2 is 1.90 bits per heavy atom. The zero-order valence-corrected chi connectivity index (χ0v) is 20.4. The molecule has 0 heterocycles. The first-order chi connectivity index (χ1) is 13.6. The predicted molar refractivity (Wildman–Crippen MR) is 130 cm³/mol. The Bertz CT molecular complexity index is 729. The highest BCUT2D eigenvalue weighted by Gasteiger charge is 2.36. The normalized spacial score (nSPS) is 20.0. The molecule has 1 aliphatic carbocycles. The van der Waals surface area contributed by atoms with Crippen LogP contribution in [0.15, 0.2) is 36.1 Å². The summed E-state index contributed by atoms with van der Waals surface area (Å²) in [6.45, 7) is 24.0. The molecule has 0 bridgehead atoms. The molecule has 1 heteroatoms. The SMILES string of the molecule is C=C(Cc1cc(CCC)cc(C(C)C)c1C1C=C(C)CCC1C(C)(C)C)NCC. The van der Waals surface area contributed by atoms with Crippen LogP contribution in [0, 0.1) is 11.3 Å². The van der Waals surface area contributed by atoms with Gasteiger partial charge in [0, 0.05) is 24.6 Å². The highest BCUT2D eigenvalue weighted by atomic mass is 14.9. The minimum atomic E-state index is 0.300. The number of hydrogen-bond acceptors (Lipinski definition) is 1. The molecule has 2 atom stereocenters. The van der Waals surface area contributed by atoms with Crippen LogP contribution in [0.5, 0.6) is 0 Å². The first kappa shape index (κ1) is 23.8. The lowest BCUT2D eigenvalue weighted by atomic mass is 9.63. The largest absolute Gasteiger partial charge is 0.389 e. The minimum absolute atomic E-state index is 0.300. The van der Waals surface area contributed by atoms with E-state index in [-0.39, 0.29) is 0 Å². The van der Waals surface area contributed by atoms with Crippen LogP contribution in [0.3, 0.4) is 0 Å².